The van der Waals surface area contributed by atoms with Crippen molar-refractivity contribution in [3.05, 3.63) is 24.4 Å². The van der Waals surface area contributed by atoms with E-state index in [-0.39, 0.29) is 17.1 Å². The molecule has 0 amide bonds. The molecule has 100 valence electrons. The summed E-state index contributed by atoms with van der Waals surface area (Å²) in [5, 5.41) is 0.109. The Morgan fingerprint density at radius 2 is 2.22 bits per heavy atom. The first kappa shape index (κ1) is 13.5. The zero-order valence-corrected chi connectivity index (χ0v) is 11.3. The van der Waals surface area contributed by atoms with E-state index in [9.17, 15) is 8.42 Å². The van der Waals surface area contributed by atoms with Crippen molar-refractivity contribution in [1.82, 2.24) is 9.29 Å². The topological polar surface area (TPSA) is 76.3 Å². The lowest BCUT2D eigenvalue weighted by molar-refractivity contribution is 0.227. The first-order valence-electron chi connectivity index (χ1n) is 6.22. The van der Waals surface area contributed by atoms with Crippen LogP contribution in [0.25, 0.3) is 0 Å². The number of hydrogen-bond donors (Lipinski definition) is 1. The van der Waals surface area contributed by atoms with Crippen LogP contribution < -0.4 is 5.73 Å². The van der Waals surface area contributed by atoms with Crippen LogP contribution in [0.4, 0.5) is 0 Å². The Hall–Kier alpha value is -0.980. The molecule has 2 atom stereocenters. The molecule has 0 aliphatic carbocycles. The monoisotopic (exact) mass is 269 g/mol. The van der Waals surface area contributed by atoms with Crippen LogP contribution in [0.15, 0.2) is 29.4 Å². The molecule has 1 saturated heterocycles. The van der Waals surface area contributed by atoms with Gasteiger partial charge >= 0.3 is 0 Å². The van der Waals surface area contributed by atoms with Crippen molar-refractivity contribution in [2.45, 2.75) is 43.3 Å². The summed E-state index contributed by atoms with van der Waals surface area (Å²) in [6.45, 7) is 2.39. The zero-order chi connectivity index (χ0) is 13.2. The number of rotatable bonds is 3. The quantitative estimate of drug-likeness (QED) is 0.887. The highest BCUT2D eigenvalue weighted by molar-refractivity contribution is 7.89. The van der Waals surface area contributed by atoms with Gasteiger partial charge in [0.2, 0.25) is 0 Å². The molecule has 0 saturated carbocycles. The molecular weight excluding hydrogens is 250 g/mol. The van der Waals surface area contributed by atoms with E-state index in [1.165, 1.54) is 16.6 Å². The maximum absolute atomic E-state index is 12.5. The highest BCUT2D eigenvalue weighted by Gasteiger charge is 2.35. The SMILES string of the molecule is C[C@@H](N)[C@H]1CCCCN1S(=O)(=O)c1ccccn1. The minimum atomic E-state index is -3.51. The zero-order valence-electron chi connectivity index (χ0n) is 10.5. The van der Waals surface area contributed by atoms with E-state index < -0.39 is 10.0 Å². The van der Waals surface area contributed by atoms with Crippen LogP contribution in [-0.2, 0) is 10.0 Å². The summed E-state index contributed by atoms with van der Waals surface area (Å²) in [5.74, 6) is 0. The van der Waals surface area contributed by atoms with Crippen LogP contribution in [0.3, 0.4) is 0 Å². The van der Waals surface area contributed by atoms with Crippen LogP contribution in [0.2, 0.25) is 0 Å². The molecule has 2 rings (SSSR count). The van der Waals surface area contributed by atoms with Gasteiger partial charge in [-0.1, -0.05) is 12.5 Å². The van der Waals surface area contributed by atoms with Gasteiger partial charge in [-0.2, -0.15) is 4.31 Å². The fraction of sp³-hybridized carbons (Fsp3) is 0.583. The van der Waals surface area contributed by atoms with Gasteiger partial charge in [0.1, 0.15) is 0 Å². The van der Waals surface area contributed by atoms with Gasteiger partial charge in [0.15, 0.2) is 5.03 Å². The third-order valence-electron chi connectivity index (χ3n) is 3.32. The Morgan fingerprint density at radius 3 is 2.83 bits per heavy atom. The maximum Gasteiger partial charge on any atom is 0.260 e. The smallest absolute Gasteiger partial charge is 0.260 e. The molecule has 6 heteroatoms. The van der Waals surface area contributed by atoms with E-state index in [2.05, 4.69) is 4.98 Å². The lowest BCUT2D eigenvalue weighted by Crippen LogP contribution is -2.51. The van der Waals surface area contributed by atoms with E-state index >= 15 is 0 Å². The van der Waals surface area contributed by atoms with Gasteiger partial charge < -0.3 is 5.73 Å². The second kappa shape index (κ2) is 5.34. The van der Waals surface area contributed by atoms with Gasteiger partial charge in [-0.05, 0) is 31.9 Å². The van der Waals surface area contributed by atoms with Crippen molar-refractivity contribution >= 4 is 10.0 Å². The normalized spacial score (nSPS) is 23.8. The highest BCUT2D eigenvalue weighted by Crippen LogP contribution is 2.25. The Kier molecular flexibility index (Phi) is 3.99. The molecule has 1 aliphatic rings. The minimum absolute atomic E-state index is 0.109. The molecule has 0 unspecified atom stereocenters. The molecule has 1 fully saturated rings. The number of aromatic nitrogens is 1. The van der Waals surface area contributed by atoms with Gasteiger partial charge in [0.25, 0.3) is 10.0 Å². The van der Waals surface area contributed by atoms with Crippen molar-refractivity contribution in [2.24, 2.45) is 5.73 Å². The van der Waals surface area contributed by atoms with E-state index in [0.717, 1.165) is 19.3 Å². The standard InChI is InChI=1S/C12H19N3O2S/c1-10(13)11-6-3-5-9-15(11)18(16,17)12-7-2-4-8-14-12/h2,4,7-8,10-11H,3,5-6,9,13H2,1H3/t10-,11-/m1/s1. The minimum Gasteiger partial charge on any atom is -0.326 e. The molecule has 0 bridgehead atoms. The predicted octanol–water partition coefficient (Wildman–Crippen LogP) is 0.972. The molecule has 5 nitrogen and oxygen atoms in total. The molecule has 0 spiro atoms. The maximum atomic E-state index is 12.5. The van der Waals surface area contributed by atoms with Gasteiger partial charge in [-0.25, -0.2) is 13.4 Å². The van der Waals surface area contributed by atoms with E-state index in [1.54, 1.807) is 12.1 Å². The van der Waals surface area contributed by atoms with E-state index in [1.807, 2.05) is 6.92 Å². The molecule has 18 heavy (non-hydrogen) atoms. The third kappa shape index (κ3) is 2.55. The summed E-state index contributed by atoms with van der Waals surface area (Å²) in [5.41, 5.74) is 5.91. The molecule has 1 aromatic rings. The lowest BCUT2D eigenvalue weighted by atomic mass is 10.00. The molecule has 0 aromatic carbocycles. The number of nitrogens with two attached hydrogens (primary N) is 1. The fourth-order valence-corrected chi connectivity index (χ4v) is 4.08. The average Bonchev–Trinajstić information content (AvgIpc) is 2.39. The number of hydrogen-bond acceptors (Lipinski definition) is 4. The summed E-state index contributed by atoms with van der Waals surface area (Å²) in [6.07, 6.45) is 4.23. The summed E-state index contributed by atoms with van der Waals surface area (Å²) in [6, 6.07) is 4.64. The van der Waals surface area contributed by atoms with Crippen molar-refractivity contribution in [3.63, 3.8) is 0 Å². The van der Waals surface area contributed by atoms with Gasteiger partial charge in [-0.15, -0.1) is 0 Å². The van der Waals surface area contributed by atoms with E-state index in [0.29, 0.717) is 6.54 Å². The second-order valence-electron chi connectivity index (χ2n) is 4.71. The lowest BCUT2D eigenvalue weighted by Gasteiger charge is -2.36. The van der Waals surface area contributed by atoms with Gasteiger partial charge in [0.05, 0.1) is 0 Å². The Morgan fingerprint density at radius 1 is 1.44 bits per heavy atom. The molecular formula is C12H19N3O2S. The summed E-state index contributed by atoms with van der Waals surface area (Å²) in [4.78, 5) is 3.95. The van der Waals surface area contributed by atoms with Gasteiger partial charge in [0, 0.05) is 24.8 Å². The number of pyridine rings is 1. The van der Waals surface area contributed by atoms with Gasteiger partial charge in [-0.3, -0.25) is 0 Å². The molecule has 2 N–H and O–H groups in total. The number of piperidine rings is 1. The van der Waals surface area contributed by atoms with E-state index in [4.69, 9.17) is 5.73 Å². The Bertz CT molecular complexity index is 487. The van der Waals surface area contributed by atoms with Crippen LogP contribution in [0.1, 0.15) is 26.2 Å². The molecule has 0 radical (unpaired) electrons. The number of nitrogens with zero attached hydrogens (tertiary/aromatic N) is 2. The Labute approximate surface area is 108 Å². The van der Waals surface area contributed by atoms with Crippen LogP contribution >= 0.6 is 0 Å². The molecule has 2 heterocycles. The van der Waals surface area contributed by atoms with Crippen molar-refractivity contribution in [2.75, 3.05) is 6.54 Å². The second-order valence-corrected chi connectivity index (χ2v) is 6.54. The van der Waals surface area contributed by atoms with Crippen LogP contribution in [-0.4, -0.2) is 36.3 Å². The van der Waals surface area contributed by atoms with Crippen LogP contribution in [0, 0.1) is 0 Å². The first-order valence-corrected chi connectivity index (χ1v) is 7.66. The van der Waals surface area contributed by atoms with Crippen molar-refractivity contribution < 1.29 is 8.42 Å². The third-order valence-corrected chi connectivity index (χ3v) is 5.16. The van der Waals surface area contributed by atoms with Crippen LogP contribution in [0.5, 0.6) is 0 Å². The molecule has 1 aromatic heterocycles. The molecule has 1 aliphatic heterocycles. The highest BCUT2D eigenvalue weighted by atomic mass is 32.2. The van der Waals surface area contributed by atoms with Crippen molar-refractivity contribution in [1.29, 1.82) is 0 Å². The first-order chi connectivity index (χ1) is 8.53. The predicted molar refractivity (Wildman–Crippen MR) is 69.4 cm³/mol. The largest absolute Gasteiger partial charge is 0.326 e. The van der Waals surface area contributed by atoms with Crippen molar-refractivity contribution in [3.8, 4) is 0 Å². The fourth-order valence-electron chi connectivity index (χ4n) is 2.37. The average molecular weight is 269 g/mol. The number of sulfonamides is 1. The summed E-state index contributed by atoms with van der Waals surface area (Å²) >= 11 is 0. The summed E-state index contributed by atoms with van der Waals surface area (Å²) in [7, 11) is -3.51. The summed E-state index contributed by atoms with van der Waals surface area (Å²) < 4.78 is 26.5. The Balaban J connectivity index is 2.34.